The van der Waals surface area contributed by atoms with Crippen molar-refractivity contribution in [3.8, 4) is 11.5 Å². The predicted molar refractivity (Wildman–Crippen MR) is 133 cm³/mol. The molecule has 0 aliphatic carbocycles. The van der Waals surface area contributed by atoms with E-state index in [1.807, 2.05) is 62.4 Å². The highest BCUT2D eigenvalue weighted by atomic mass is 32.2. The molecule has 186 valence electrons. The van der Waals surface area contributed by atoms with Crippen molar-refractivity contribution in [1.82, 2.24) is 9.62 Å². The van der Waals surface area contributed by atoms with Gasteiger partial charge in [0.2, 0.25) is 15.9 Å². The van der Waals surface area contributed by atoms with Crippen LogP contribution in [0.5, 0.6) is 11.5 Å². The second-order valence-corrected chi connectivity index (χ2v) is 11.1. The Hall–Kier alpha value is -2.58. The van der Waals surface area contributed by atoms with Gasteiger partial charge in [-0.1, -0.05) is 36.4 Å². The van der Waals surface area contributed by atoms with Crippen LogP contribution in [0.2, 0.25) is 0 Å². The molecule has 8 heteroatoms. The molecular weight excluding hydrogens is 452 g/mol. The molecule has 0 radical (unpaired) electrons. The minimum atomic E-state index is -3.39. The van der Waals surface area contributed by atoms with Gasteiger partial charge in [0.1, 0.15) is 0 Å². The molecule has 2 aromatic rings. The number of rotatable bonds is 11. The van der Waals surface area contributed by atoms with Gasteiger partial charge in [0, 0.05) is 19.6 Å². The van der Waals surface area contributed by atoms with Crippen LogP contribution in [-0.4, -0.2) is 50.7 Å². The van der Waals surface area contributed by atoms with E-state index < -0.39 is 10.0 Å². The number of ether oxygens (including phenoxy) is 2. The van der Waals surface area contributed by atoms with Gasteiger partial charge in [-0.3, -0.25) is 4.79 Å². The molecule has 0 bridgehead atoms. The molecule has 1 heterocycles. The highest BCUT2D eigenvalue weighted by molar-refractivity contribution is 7.89. The van der Waals surface area contributed by atoms with Crippen molar-refractivity contribution in [3.05, 3.63) is 59.7 Å². The first-order valence-electron chi connectivity index (χ1n) is 11.9. The third-order valence-corrected chi connectivity index (χ3v) is 7.84. The van der Waals surface area contributed by atoms with Gasteiger partial charge < -0.3 is 14.8 Å². The summed E-state index contributed by atoms with van der Waals surface area (Å²) < 4.78 is 38.4. The van der Waals surface area contributed by atoms with E-state index in [0.717, 1.165) is 17.5 Å². The summed E-state index contributed by atoms with van der Waals surface area (Å²) in [7, 11) is -1.80. The van der Waals surface area contributed by atoms with E-state index in [1.54, 1.807) is 7.11 Å². The number of methoxy groups -OCH3 is 1. The average molecular weight is 489 g/mol. The number of hydrogen-bond acceptors (Lipinski definition) is 5. The minimum Gasteiger partial charge on any atom is -0.493 e. The molecule has 1 amide bonds. The van der Waals surface area contributed by atoms with Crippen molar-refractivity contribution in [2.75, 3.05) is 26.0 Å². The first-order chi connectivity index (χ1) is 16.3. The van der Waals surface area contributed by atoms with E-state index in [1.165, 1.54) is 4.31 Å². The monoisotopic (exact) mass is 488 g/mol. The average Bonchev–Trinajstić information content (AvgIpc) is 2.83. The lowest BCUT2D eigenvalue weighted by molar-refractivity contribution is -0.126. The van der Waals surface area contributed by atoms with Crippen LogP contribution in [0.1, 0.15) is 44.2 Å². The Labute approximate surface area is 203 Å². The largest absolute Gasteiger partial charge is 0.493 e. The molecule has 0 spiro atoms. The number of carbonyl (C=O) groups excluding carboxylic acids is 1. The summed E-state index contributed by atoms with van der Waals surface area (Å²) in [6, 6.07) is 15.5. The Morgan fingerprint density at radius 1 is 1.12 bits per heavy atom. The van der Waals surface area contributed by atoms with E-state index in [4.69, 9.17) is 9.47 Å². The fourth-order valence-electron chi connectivity index (χ4n) is 4.15. The molecule has 3 rings (SSSR count). The van der Waals surface area contributed by atoms with Crippen LogP contribution in [0.3, 0.4) is 0 Å². The van der Waals surface area contributed by atoms with Gasteiger partial charge in [-0.15, -0.1) is 0 Å². The molecule has 0 saturated carbocycles. The molecule has 1 aliphatic rings. The highest BCUT2D eigenvalue weighted by Gasteiger charge is 2.32. The SMILES string of the molecule is COc1cc(CNC(=O)[C@@H]2CCCN(S(=O)(=O)CCCc3ccccc3)C2)ccc1OC(C)C. The van der Waals surface area contributed by atoms with Gasteiger partial charge >= 0.3 is 0 Å². The van der Waals surface area contributed by atoms with Gasteiger partial charge in [0.25, 0.3) is 0 Å². The Kier molecular flexibility index (Phi) is 9.36. The summed E-state index contributed by atoms with van der Waals surface area (Å²) in [5.41, 5.74) is 2.02. The van der Waals surface area contributed by atoms with Crippen molar-refractivity contribution in [3.63, 3.8) is 0 Å². The zero-order valence-electron chi connectivity index (χ0n) is 20.3. The fraction of sp³-hybridized carbons (Fsp3) is 0.500. The summed E-state index contributed by atoms with van der Waals surface area (Å²) >= 11 is 0. The van der Waals surface area contributed by atoms with Crippen LogP contribution < -0.4 is 14.8 Å². The van der Waals surface area contributed by atoms with Crippen molar-refractivity contribution in [2.45, 2.75) is 52.2 Å². The van der Waals surface area contributed by atoms with Crippen molar-refractivity contribution in [2.24, 2.45) is 5.92 Å². The lowest BCUT2D eigenvalue weighted by Gasteiger charge is -2.31. The van der Waals surface area contributed by atoms with Crippen LogP contribution in [0.25, 0.3) is 0 Å². The molecule has 1 fully saturated rings. The Bertz CT molecular complexity index is 1040. The quantitative estimate of drug-likeness (QED) is 0.520. The zero-order valence-corrected chi connectivity index (χ0v) is 21.1. The second kappa shape index (κ2) is 12.2. The summed E-state index contributed by atoms with van der Waals surface area (Å²) in [5.74, 6) is 0.911. The van der Waals surface area contributed by atoms with Crippen LogP contribution in [0.15, 0.2) is 48.5 Å². The topological polar surface area (TPSA) is 84.9 Å². The molecule has 0 aromatic heterocycles. The first-order valence-corrected chi connectivity index (χ1v) is 13.5. The summed E-state index contributed by atoms with van der Waals surface area (Å²) in [6.07, 6.45) is 2.70. The van der Waals surface area contributed by atoms with Gasteiger partial charge in [0.05, 0.1) is 24.9 Å². The van der Waals surface area contributed by atoms with Gasteiger partial charge in [0.15, 0.2) is 11.5 Å². The normalized spacial score (nSPS) is 16.9. The molecule has 7 nitrogen and oxygen atoms in total. The molecule has 1 saturated heterocycles. The maximum Gasteiger partial charge on any atom is 0.224 e. The fourth-order valence-corrected chi connectivity index (χ4v) is 5.73. The second-order valence-electron chi connectivity index (χ2n) is 8.97. The molecular formula is C26H36N2O5S. The lowest BCUT2D eigenvalue weighted by atomic mass is 9.98. The van der Waals surface area contributed by atoms with Crippen molar-refractivity contribution in [1.29, 1.82) is 0 Å². The van der Waals surface area contributed by atoms with E-state index in [9.17, 15) is 13.2 Å². The van der Waals surface area contributed by atoms with Crippen LogP contribution >= 0.6 is 0 Å². The Morgan fingerprint density at radius 2 is 1.88 bits per heavy atom. The van der Waals surface area contributed by atoms with Gasteiger partial charge in [-0.2, -0.15) is 0 Å². The first kappa shape index (κ1) is 26.0. The summed E-state index contributed by atoms with van der Waals surface area (Å²) in [6.45, 7) is 4.96. The van der Waals surface area contributed by atoms with Gasteiger partial charge in [-0.25, -0.2) is 12.7 Å². The third-order valence-electron chi connectivity index (χ3n) is 5.92. The van der Waals surface area contributed by atoms with Crippen LogP contribution in [0, 0.1) is 5.92 Å². The molecule has 34 heavy (non-hydrogen) atoms. The molecule has 2 aromatic carbocycles. The number of nitrogens with zero attached hydrogens (tertiary/aromatic N) is 1. The van der Waals surface area contributed by atoms with E-state index in [0.29, 0.717) is 43.9 Å². The van der Waals surface area contributed by atoms with E-state index in [-0.39, 0.29) is 30.2 Å². The minimum absolute atomic E-state index is 0.0308. The molecule has 0 unspecified atom stereocenters. The number of carbonyl (C=O) groups is 1. The smallest absolute Gasteiger partial charge is 0.224 e. The number of nitrogens with one attached hydrogen (secondary N) is 1. The number of sulfonamides is 1. The summed E-state index contributed by atoms with van der Waals surface area (Å²) in [4.78, 5) is 12.8. The lowest BCUT2D eigenvalue weighted by Crippen LogP contribution is -2.46. The maximum atomic E-state index is 12.9. The predicted octanol–water partition coefficient (Wildman–Crippen LogP) is 3.77. The number of aryl methyl sites for hydroxylation is 1. The third kappa shape index (κ3) is 7.46. The number of hydrogen-bond donors (Lipinski definition) is 1. The number of amides is 1. The maximum absolute atomic E-state index is 12.9. The highest BCUT2D eigenvalue weighted by Crippen LogP contribution is 2.29. The standard InChI is InChI=1S/C26H36N2O5S/c1-20(2)33-24-14-13-22(17-25(24)32-3)18-27-26(29)23-12-7-15-28(19-23)34(30,31)16-8-11-21-9-5-4-6-10-21/h4-6,9-10,13-14,17,20,23H,7-8,11-12,15-16,18-19H2,1-3H3,(H,27,29)/t23-/m1/s1. The molecule has 1 atom stereocenters. The number of piperidine rings is 1. The molecule has 1 N–H and O–H groups in total. The Morgan fingerprint density at radius 3 is 2.59 bits per heavy atom. The van der Waals surface area contributed by atoms with E-state index in [2.05, 4.69) is 5.32 Å². The van der Waals surface area contributed by atoms with Gasteiger partial charge in [-0.05, 0) is 62.8 Å². The van der Waals surface area contributed by atoms with Crippen molar-refractivity contribution < 1.29 is 22.7 Å². The summed E-state index contributed by atoms with van der Waals surface area (Å²) in [5, 5.41) is 2.96. The number of benzene rings is 2. The Balaban J connectivity index is 1.51. The van der Waals surface area contributed by atoms with Crippen LogP contribution in [0.4, 0.5) is 0 Å². The van der Waals surface area contributed by atoms with Crippen LogP contribution in [-0.2, 0) is 27.8 Å². The molecule has 1 aliphatic heterocycles. The zero-order chi connectivity index (χ0) is 24.6. The van der Waals surface area contributed by atoms with E-state index >= 15 is 0 Å². The van der Waals surface area contributed by atoms with Crippen molar-refractivity contribution >= 4 is 15.9 Å².